The van der Waals surface area contributed by atoms with Gasteiger partial charge in [-0.25, -0.2) is 4.98 Å². The van der Waals surface area contributed by atoms with E-state index in [1.807, 2.05) is 36.9 Å². The lowest BCUT2D eigenvalue weighted by Gasteiger charge is -1.94. The number of nitrogens with zero attached hydrogens (tertiary/aromatic N) is 2. The van der Waals surface area contributed by atoms with Gasteiger partial charge in [0.05, 0.1) is 0 Å². The molecule has 2 heteroatoms. The third-order valence-corrected chi connectivity index (χ3v) is 1.54. The molecule has 0 aliphatic heterocycles. The zero-order valence-electron chi connectivity index (χ0n) is 6.91. The summed E-state index contributed by atoms with van der Waals surface area (Å²) in [5, 5.41) is 0. The first-order valence-corrected chi connectivity index (χ1v) is 3.52. The van der Waals surface area contributed by atoms with E-state index in [1.54, 1.807) is 6.20 Å². The molecule has 2 nitrogen and oxygen atoms in total. The summed E-state index contributed by atoms with van der Waals surface area (Å²) in [4.78, 5) is 4.14. The third kappa shape index (κ3) is 1.80. The van der Waals surface area contributed by atoms with Crippen molar-refractivity contribution in [1.29, 1.82) is 0 Å². The number of hydrogen-bond acceptors (Lipinski definition) is 1. The number of hydrogen-bond donors (Lipinski definition) is 0. The summed E-state index contributed by atoms with van der Waals surface area (Å²) < 4.78 is 1.97. The van der Waals surface area contributed by atoms with Gasteiger partial charge < -0.3 is 4.57 Å². The zero-order valence-corrected chi connectivity index (χ0v) is 6.91. The SMILES string of the molecule is C=CC(C)=Cc1nccn1C. The summed E-state index contributed by atoms with van der Waals surface area (Å²) in [5.74, 6) is 0.961. The average molecular weight is 148 g/mol. The van der Waals surface area contributed by atoms with Crippen molar-refractivity contribution in [1.82, 2.24) is 9.55 Å². The summed E-state index contributed by atoms with van der Waals surface area (Å²) in [6, 6.07) is 0. The van der Waals surface area contributed by atoms with Crippen molar-refractivity contribution < 1.29 is 0 Å². The second kappa shape index (κ2) is 3.19. The van der Waals surface area contributed by atoms with Gasteiger partial charge in [-0.2, -0.15) is 0 Å². The first kappa shape index (κ1) is 7.79. The van der Waals surface area contributed by atoms with E-state index in [0.717, 1.165) is 11.4 Å². The first-order valence-electron chi connectivity index (χ1n) is 3.52. The number of allylic oxidation sites excluding steroid dienone is 2. The Morgan fingerprint density at radius 3 is 2.91 bits per heavy atom. The minimum absolute atomic E-state index is 0.961. The van der Waals surface area contributed by atoms with Crippen LogP contribution in [0.3, 0.4) is 0 Å². The molecule has 0 bridgehead atoms. The fraction of sp³-hybridized carbons (Fsp3) is 0.222. The molecule has 1 aromatic rings. The van der Waals surface area contributed by atoms with Crippen molar-refractivity contribution in [2.24, 2.45) is 7.05 Å². The summed E-state index contributed by atoms with van der Waals surface area (Å²) in [6.07, 6.45) is 7.51. The van der Waals surface area contributed by atoms with E-state index in [1.165, 1.54) is 0 Å². The maximum atomic E-state index is 4.14. The number of aromatic nitrogens is 2. The van der Waals surface area contributed by atoms with Crippen LogP contribution in [-0.4, -0.2) is 9.55 Å². The van der Waals surface area contributed by atoms with Crippen molar-refractivity contribution in [2.45, 2.75) is 6.92 Å². The van der Waals surface area contributed by atoms with Gasteiger partial charge in [0, 0.05) is 19.4 Å². The Bertz CT molecular complexity index is 282. The lowest BCUT2D eigenvalue weighted by molar-refractivity contribution is 0.896. The molecule has 1 aromatic heterocycles. The van der Waals surface area contributed by atoms with Gasteiger partial charge in [0.2, 0.25) is 0 Å². The molecule has 1 rings (SSSR count). The monoisotopic (exact) mass is 148 g/mol. The number of aryl methyl sites for hydroxylation is 1. The zero-order chi connectivity index (χ0) is 8.27. The Morgan fingerprint density at radius 1 is 1.73 bits per heavy atom. The Hall–Kier alpha value is -1.31. The molecule has 0 N–H and O–H groups in total. The highest BCUT2D eigenvalue weighted by Gasteiger charge is 1.92. The molecule has 0 atom stereocenters. The maximum absolute atomic E-state index is 4.14. The molecule has 0 radical (unpaired) electrons. The van der Waals surface area contributed by atoms with E-state index >= 15 is 0 Å². The predicted molar refractivity (Wildman–Crippen MR) is 47.1 cm³/mol. The Morgan fingerprint density at radius 2 is 2.45 bits per heavy atom. The van der Waals surface area contributed by atoms with E-state index in [0.29, 0.717) is 0 Å². The first-order chi connectivity index (χ1) is 5.24. The van der Waals surface area contributed by atoms with Gasteiger partial charge in [-0.05, 0) is 18.6 Å². The molecule has 0 amide bonds. The second-order valence-corrected chi connectivity index (χ2v) is 2.49. The van der Waals surface area contributed by atoms with Crippen molar-refractivity contribution in [3.63, 3.8) is 0 Å². The molecule has 0 unspecified atom stereocenters. The van der Waals surface area contributed by atoms with E-state index in [4.69, 9.17) is 0 Å². The average Bonchev–Trinajstić information content (AvgIpc) is 2.37. The van der Waals surface area contributed by atoms with Gasteiger partial charge in [0.15, 0.2) is 0 Å². The third-order valence-electron chi connectivity index (χ3n) is 1.54. The van der Waals surface area contributed by atoms with Crippen LogP contribution in [0.25, 0.3) is 6.08 Å². The molecule has 0 spiro atoms. The largest absolute Gasteiger partial charge is 0.335 e. The van der Waals surface area contributed by atoms with Crippen LogP contribution in [0.4, 0.5) is 0 Å². The topological polar surface area (TPSA) is 17.8 Å². The minimum atomic E-state index is 0.961. The molecule has 0 aromatic carbocycles. The lowest BCUT2D eigenvalue weighted by Crippen LogP contribution is -1.89. The highest BCUT2D eigenvalue weighted by atomic mass is 15.0. The van der Waals surface area contributed by atoms with Crippen LogP contribution in [0.5, 0.6) is 0 Å². The smallest absolute Gasteiger partial charge is 0.132 e. The molecule has 1 heterocycles. The molecule has 58 valence electrons. The molecular weight excluding hydrogens is 136 g/mol. The van der Waals surface area contributed by atoms with Gasteiger partial charge >= 0.3 is 0 Å². The van der Waals surface area contributed by atoms with Crippen LogP contribution in [0.2, 0.25) is 0 Å². The maximum Gasteiger partial charge on any atom is 0.132 e. The quantitative estimate of drug-likeness (QED) is 0.586. The van der Waals surface area contributed by atoms with Crippen molar-refractivity contribution in [2.75, 3.05) is 0 Å². The minimum Gasteiger partial charge on any atom is -0.335 e. The molecule has 0 saturated heterocycles. The van der Waals surface area contributed by atoms with Crippen LogP contribution < -0.4 is 0 Å². The van der Waals surface area contributed by atoms with Crippen molar-refractivity contribution >= 4 is 6.08 Å². The van der Waals surface area contributed by atoms with Crippen molar-refractivity contribution in [3.05, 3.63) is 36.4 Å². The van der Waals surface area contributed by atoms with Gasteiger partial charge in [0.1, 0.15) is 5.82 Å². The van der Waals surface area contributed by atoms with Crippen LogP contribution >= 0.6 is 0 Å². The fourth-order valence-electron chi connectivity index (χ4n) is 0.779. The molecular formula is C9H12N2. The Balaban J connectivity index is 2.94. The van der Waals surface area contributed by atoms with Gasteiger partial charge in [-0.15, -0.1) is 0 Å². The highest BCUT2D eigenvalue weighted by molar-refractivity contribution is 5.48. The van der Waals surface area contributed by atoms with Gasteiger partial charge in [-0.3, -0.25) is 0 Å². The van der Waals surface area contributed by atoms with Crippen LogP contribution in [0, 0.1) is 0 Å². The standard InChI is InChI=1S/C9H12N2/c1-4-8(2)7-9-10-5-6-11(9)3/h4-7H,1H2,2-3H3. The lowest BCUT2D eigenvalue weighted by atomic mass is 10.3. The van der Waals surface area contributed by atoms with Crippen LogP contribution in [0.15, 0.2) is 30.6 Å². The van der Waals surface area contributed by atoms with E-state index in [9.17, 15) is 0 Å². The van der Waals surface area contributed by atoms with Crippen LogP contribution in [0.1, 0.15) is 12.7 Å². The normalized spacial score (nSPS) is 11.6. The summed E-state index contributed by atoms with van der Waals surface area (Å²) in [6.45, 7) is 5.67. The molecule has 0 aliphatic carbocycles. The number of imidazole rings is 1. The summed E-state index contributed by atoms with van der Waals surface area (Å²) in [5.41, 5.74) is 1.12. The van der Waals surface area contributed by atoms with Crippen molar-refractivity contribution in [3.8, 4) is 0 Å². The van der Waals surface area contributed by atoms with Gasteiger partial charge in [-0.1, -0.05) is 12.7 Å². The molecule has 0 fully saturated rings. The molecule has 11 heavy (non-hydrogen) atoms. The fourth-order valence-corrected chi connectivity index (χ4v) is 0.779. The Labute approximate surface area is 66.9 Å². The van der Waals surface area contributed by atoms with E-state index < -0.39 is 0 Å². The van der Waals surface area contributed by atoms with Gasteiger partial charge in [0.25, 0.3) is 0 Å². The Kier molecular flexibility index (Phi) is 2.26. The molecule has 0 saturated carbocycles. The number of rotatable bonds is 2. The predicted octanol–water partition coefficient (Wildman–Crippen LogP) is 2.01. The second-order valence-electron chi connectivity index (χ2n) is 2.49. The highest BCUT2D eigenvalue weighted by Crippen LogP contribution is 2.02. The van der Waals surface area contributed by atoms with E-state index in [2.05, 4.69) is 11.6 Å². The van der Waals surface area contributed by atoms with Crippen LogP contribution in [-0.2, 0) is 7.05 Å². The molecule has 0 aliphatic rings. The van der Waals surface area contributed by atoms with E-state index in [-0.39, 0.29) is 0 Å². The summed E-state index contributed by atoms with van der Waals surface area (Å²) >= 11 is 0. The summed E-state index contributed by atoms with van der Waals surface area (Å²) in [7, 11) is 1.97.